The molecule has 1 saturated heterocycles. The lowest BCUT2D eigenvalue weighted by Gasteiger charge is -2.24. The Hall–Kier alpha value is -1.89. The normalized spacial score (nSPS) is 28.1. The van der Waals surface area contributed by atoms with Crippen LogP contribution in [0.1, 0.15) is 32.1 Å². The van der Waals surface area contributed by atoms with Crippen molar-refractivity contribution in [3.63, 3.8) is 0 Å². The van der Waals surface area contributed by atoms with Crippen molar-refractivity contribution in [1.82, 2.24) is 15.1 Å². The van der Waals surface area contributed by atoms with E-state index in [0.29, 0.717) is 17.6 Å². The summed E-state index contributed by atoms with van der Waals surface area (Å²) in [5, 5.41) is 10.3. The minimum absolute atomic E-state index is 0.0156. The molecule has 0 spiro atoms. The second kappa shape index (κ2) is 5.85. The zero-order chi connectivity index (χ0) is 14.8. The summed E-state index contributed by atoms with van der Waals surface area (Å²) < 4.78 is 1.42. The number of nitrogens with one attached hydrogen (secondary N) is 2. The summed E-state index contributed by atoms with van der Waals surface area (Å²) in [6, 6.07) is 0.365. The summed E-state index contributed by atoms with van der Waals surface area (Å²) in [4.78, 5) is 23.1. The number of hydrogen-bond acceptors (Lipinski definition) is 4. The van der Waals surface area contributed by atoms with Gasteiger partial charge in [-0.3, -0.25) is 14.3 Å². The van der Waals surface area contributed by atoms with Gasteiger partial charge in [0.2, 0.25) is 11.8 Å². The van der Waals surface area contributed by atoms with Crippen LogP contribution in [0, 0.1) is 5.92 Å². The maximum absolute atomic E-state index is 12.3. The van der Waals surface area contributed by atoms with E-state index in [1.54, 1.807) is 6.20 Å². The highest BCUT2D eigenvalue weighted by molar-refractivity contribution is 5.94. The first-order valence-corrected chi connectivity index (χ1v) is 7.49. The average molecular weight is 291 g/mol. The highest BCUT2D eigenvalue weighted by Crippen LogP contribution is 2.33. The number of aromatic nitrogens is 2. The van der Waals surface area contributed by atoms with E-state index in [9.17, 15) is 9.59 Å². The molecule has 3 rings (SSSR count). The van der Waals surface area contributed by atoms with E-state index in [1.165, 1.54) is 36.6 Å². The second-order valence-corrected chi connectivity index (χ2v) is 5.99. The lowest BCUT2D eigenvalue weighted by molar-refractivity contribution is -0.119. The fraction of sp³-hybridized carbons (Fsp3) is 0.643. The van der Waals surface area contributed by atoms with Crippen molar-refractivity contribution in [2.24, 2.45) is 11.7 Å². The first-order valence-electron chi connectivity index (χ1n) is 7.49. The van der Waals surface area contributed by atoms with Gasteiger partial charge in [-0.05, 0) is 25.2 Å². The van der Waals surface area contributed by atoms with E-state index in [0.717, 1.165) is 6.42 Å². The number of fused-ring (bicyclic) bond motifs is 1. The van der Waals surface area contributed by atoms with Crippen LogP contribution in [0.2, 0.25) is 0 Å². The molecule has 1 aromatic rings. The fourth-order valence-electron chi connectivity index (χ4n) is 3.42. The number of nitrogens with two attached hydrogens (primary N) is 1. The first kappa shape index (κ1) is 14.1. The molecule has 1 aliphatic carbocycles. The zero-order valence-corrected chi connectivity index (χ0v) is 11.9. The quantitative estimate of drug-likeness (QED) is 0.739. The molecule has 2 aliphatic rings. The molecule has 114 valence electrons. The molecule has 2 heterocycles. The average Bonchev–Trinajstić information content (AvgIpc) is 3.04. The Balaban J connectivity index is 1.56. The molecule has 2 fully saturated rings. The van der Waals surface area contributed by atoms with Crippen molar-refractivity contribution in [3.05, 3.63) is 12.4 Å². The van der Waals surface area contributed by atoms with E-state index in [2.05, 4.69) is 15.7 Å². The summed E-state index contributed by atoms with van der Waals surface area (Å²) in [6.07, 6.45) is 8.97. The van der Waals surface area contributed by atoms with Crippen molar-refractivity contribution >= 4 is 17.5 Å². The highest BCUT2D eigenvalue weighted by atomic mass is 16.2. The van der Waals surface area contributed by atoms with E-state index in [-0.39, 0.29) is 18.5 Å². The Morgan fingerprint density at radius 1 is 1.43 bits per heavy atom. The van der Waals surface area contributed by atoms with Crippen molar-refractivity contribution in [3.8, 4) is 0 Å². The molecule has 7 heteroatoms. The smallest absolute Gasteiger partial charge is 0.241 e. The number of carbonyl (C=O) groups is 2. The van der Waals surface area contributed by atoms with Gasteiger partial charge in [-0.25, -0.2) is 0 Å². The van der Waals surface area contributed by atoms with Gasteiger partial charge in [0.1, 0.15) is 6.54 Å². The molecular formula is C14H21N5O2. The molecule has 3 atom stereocenters. The number of nitrogens with zero attached hydrogens (tertiary/aromatic N) is 2. The number of rotatable bonds is 4. The summed E-state index contributed by atoms with van der Waals surface area (Å²) in [5.41, 5.74) is 5.70. The molecule has 1 aliphatic heterocycles. The fourth-order valence-corrected chi connectivity index (χ4v) is 3.42. The van der Waals surface area contributed by atoms with Gasteiger partial charge in [-0.2, -0.15) is 5.10 Å². The Morgan fingerprint density at radius 2 is 2.24 bits per heavy atom. The van der Waals surface area contributed by atoms with E-state index < -0.39 is 5.91 Å². The van der Waals surface area contributed by atoms with E-state index in [1.807, 2.05) is 0 Å². The van der Waals surface area contributed by atoms with Gasteiger partial charge in [0, 0.05) is 12.2 Å². The molecule has 7 nitrogen and oxygen atoms in total. The standard InChI is InChI=1S/C14H21N5O2/c15-13(20)8-19-7-10(6-16-19)17-14(21)12-5-9-3-1-2-4-11(9)18-12/h6-7,9,11-12,18H,1-5,8H2,(H2,15,20)(H,17,21). The minimum Gasteiger partial charge on any atom is -0.368 e. The van der Waals surface area contributed by atoms with Crippen LogP contribution in [0.15, 0.2) is 12.4 Å². The van der Waals surface area contributed by atoms with Gasteiger partial charge in [0.05, 0.1) is 17.9 Å². The minimum atomic E-state index is -0.461. The molecule has 0 bridgehead atoms. The van der Waals surface area contributed by atoms with Crippen molar-refractivity contribution < 1.29 is 9.59 Å². The van der Waals surface area contributed by atoms with Crippen LogP contribution in [0.25, 0.3) is 0 Å². The molecule has 21 heavy (non-hydrogen) atoms. The number of anilines is 1. The Bertz CT molecular complexity index is 527. The van der Waals surface area contributed by atoms with E-state index >= 15 is 0 Å². The van der Waals surface area contributed by atoms with Gasteiger partial charge < -0.3 is 16.4 Å². The third-order valence-corrected chi connectivity index (χ3v) is 4.40. The van der Waals surface area contributed by atoms with Crippen molar-refractivity contribution in [2.45, 2.75) is 50.7 Å². The molecule has 1 aromatic heterocycles. The Kier molecular flexibility index (Phi) is 3.92. The Labute approximate surface area is 123 Å². The van der Waals surface area contributed by atoms with Crippen LogP contribution in [0.3, 0.4) is 0 Å². The summed E-state index contributed by atoms with van der Waals surface area (Å²) in [6.45, 7) is 0.0156. The highest BCUT2D eigenvalue weighted by Gasteiger charge is 2.38. The third kappa shape index (κ3) is 3.24. The predicted molar refractivity (Wildman–Crippen MR) is 77.3 cm³/mol. The predicted octanol–water partition coefficient (Wildman–Crippen LogP) is 0.228. The SMILES string of the molecule is NC(=O)Cn1cc(NC(=O)C2CC3CCCCC3N2)cn1. The van der Waals surface area contributed by atoms with Crippen molar-refractivity contribution in [1.29, 1.82) is 0 Å². The number of hydrogen-bond donors (Lipinski definition) is 3. The maximum atomic E-state index is 12.3. The summed E-state index contributed by atoms with van der Waals surface area (Å²) >= 11 is 0. The largest absolute Gasteiger partial charge is 0.368 e. The van der Waals surface area contributed by atoms with Crippen LogP contribution in [-0.4, -0.2) is 33.7 Å². The molecular weight excluding hydrogens is 270 g/mol. The molecule has 3 unspecified atom stereocenters. The lowest BCUT2D eigenvalue weighted by atomic mass is 9.85. The van der Waals surface area contributed by atoms with Gasteiger partial charge in [-0.1, -0.05) is 12.8 Å². The Morgan fingerprint density at radius 3 is 3.00 bits per heavy atom. The first-order chi connectivity index (χ1) is 10.1. The van der Waals surface area contributed by atoms with Crippen LogP contribution >= 0.6 is 0 Å². The topological polar surface area (TPSA) is 102 Å². The monoisotopic (exact) mass is 291 g/mol. The van der Waals surface area contributed by atoms with Gasteiger partial charge in [-0.15, -0.1) is 0 Å². The molecule has 0 aromatic carbocycles. The number of primary amides is 1. The number of amides is 2. The van der Waals surface area contributed by atoms with Crippen LogP contribution in [-0.2, 0) is 16.1 Å². The molecule has 2 amide bonds. The number of carbonyl (C=O) groups excluding carboxylic acids is 2. The zero-order valence-electron chi connectivity index (χ0n) is 11.9. The van der Waals surface area contributed by atoms with Gasteiger partial charge in [0.15, 0.2) is 0 Å². The lowest BCUT2D eigenvalue weighted by Crippen LogP contribution is -2.39. The molecule has 0 radical (unpaired) electrons. The second-order valence-electron chi connectivity index (χ2n) is 5.99. The summed E-state index contributed by atoms with van der Waals surface area (Å²) in [7, 11) is 0. The van der Waals surface area contributed by atoms with Crippen LogP contribution in [0.4, 0.5) is 5.69 Å². The van der Waals surface area contributed by atoms with Crippen LogP contribution in [0.5, 0.6) is 0 Å². The van der Waals surface area contributed by atoms with Gasteiger partial charge in [0.25, 0.3) is 0 Å². The van der Waals surface area contributed by atoms with Crippen molar-refractivity contribution in [2.75, 3.05) is 5.32 Å². The third-order valence-electron chi connectivity index (χ3n) is 4.40. The molecule has 4 N–H and O–H groups in total. The van der Waals surface area contributed by atoms with E-state index in [4.69, 9.17) is 5.73 Å². The maximum Gasteiger partial charge on any atom is 0.241 e. The summed E-state index contributed by atoms with van der Waals surface area (Å²) in [5.74, 6) is 0.146. The van der Waals surface area contributed by atoms with Crippen LogP contribution < -0.4 is 16.4 Å². The molecule has 1 saturated carbocycles. The van der Waals surface area contributed by atoms with Gasteiger partial charge >= 0.3 is 0 Å².